The van der Waals surface area contributed by atoms with Crippen molar-refractivity contribution in [3.05, 3.63) is 35.9 Å². The molecule has 2 rings (SSSR count). The molecule has 0 N–H and O–H groups in total. The molecule has 1 atom stereocenters. The van der Waals surface area contributed by atoms with Gasteiger partial charge >= 0.3 is 6.09 Å². The van der Waals surface area contributed by atoms with Crippen molar-refractivity contribution in [2.75, 3.05) is 6.61 Å². The average molecular weight is 275 g/mol. The quantitative estimate of drug-likeness (QED) is 0.830. The Kier molecular flexibility index (Phi) is 4.77. The molecule has 1 aromatic carbocycles. The standard InChI is InChI=1S/C16H21NO3/c1-12(2)14-11-20-16(19)17(14)15(18)10-6-9-13-7-4-3-5-8-13/h3-5,7-8,12,14H,6,9-11H2,1-2H3/t14-/m1/s1. The van der Waals surface area contributed by atoms with Gasteiger partial charge < -0.3 is 4.74 Å². The van der Waals surface area contributed by atoms with E-state index in [4.69, 9.17) is 4.74 Å². The molecule has 4 heteroatoms. The van der Waals surface area contributed by atoms with Crippen LogP contribution in [0.1, 0.15) is 32.3 Å². The van der Waals surface area contributed by atoms with E-state index in [1.165, 1.54) is 10.5 Å². The predicted octanol–water partition coefficient (Wildman–Crippen LogP) is 3.01. The van der Waals surface area contributed by atoms with E-state index in [0.717, 1.165) is 12.8 Å². The number of cyclic esters (lactones) is 1. The van der Waals surface area contributed by atoms with Gasteiger partial charge in [0.05, 0.1) is 6.04 Å². The van der Waals surface area contributed by atoms with Gasteiger partial charge in [0.2, 0.25) is 5.91 Å². The topological polar surface area (TPSA) is 46.6 Å². The van der Waals surface area contributed by atoms with E-state index < -0.39 is 6.09 Å². The molecule has 20 heavy (non-hydrogen) atoms. The molecule has 1 aliphatic rings. The number of hydrogen-bond acceptors (Lipinski definition) is 3. The third-order valence-electron chi connectivity index (χ3n) is 3.64. The molecule has 0 bridgehead atoms. The maximum Gasteiger partial charge on any atom is 0.416 e. The summed E-state index contributed by atoms with van der Waals surface area (Å²) in [5.74, 6) is 0.0988. The van der Waals surface area contributed by atoms with Gasteiger partial charge in [-0.2, -0.15) is 0 Å². The highest BCUT2D eigenvalue weighted by molar-refractivity contribution is 5.93. The van der Waals surface area contributed by atoms with E-state index in [0.29, 0.717) is 13.0 Å². The molecule has 0 aromatic heterocycles. The van der Waals surface area contributed by atoms with Crippen molar-refractivity contribution < 1.29 is 14.3 Å². The molecule has 4 nitrogen and oxygen atoms in total. The summed E-state index contributed by atoms with van der Waals surface area (Å²) in [5.41, 5.74) is 1.21. The lowest BCUT2D eigenvalue weighted by Gasteiger charge is -2.22. The van der Waals surface area contributed by atoms with Crippen LogP contribution in [0.2, 0.25) is 0 Å². The van der Waals surface area contributed by atoms with Gasteiger partial charge in [-0.05, 0) is 24.3 Å². The zero-order valence-electron chi connectivity index (χ0n) is 12.0. The van der Waals surface area contributed by atoms with Crippen molar-refractivity contribution in [1.29, 1.82) is 0 Å². The molecular formula is C16H21NO3. The zero-order valence-corrected chi connectivity index (χ0v) is 12.0. The van der Waals surface area contributed by atoms with Gasteiger partial charge in [-0.1, -0.05) is 44.2 Å². The third kappa shape index (κ3) is 3.38. The van der Waals surface area contributed by atoms with E-state index in [2.05, 4.69) is 0 Å². The first-order valence-corrected chi connectivity index (χ1v) is 7.12. The summed E-state index contributed by atoms with van der Waals surface area (Å²) in [5, 5.41) is 0. The summed E-state index contributed by atoms with van der Waals surface area (Å²) in [6.45, 7) is 4.31. The van der Waals surface area contributed by atoms with Crippen LogP contribution in [0.25, 0.3) is 0 Å². The molecule has 108 valence electrons. The minimum Gasteiger partial charge on any atom is -0.447 e. The number of carbonyl (C=O) groups is 2. The Morgan fingerprint density at radius 1 is 1.35 bits per heavy atom. The number of rotatable bonds is 5. The lowest BCUT2D eigenvalue weighted by atomic mass is 10.0. The molecule has 0 aliphatic carbocycles. The molecule has 1 aromatic rings. The van der Waals surface area contributed by atoms with Crippen LogP contribution in [0.4, 0.5) is 4.79 Å². The normalized spacial score (nSPS) is 18.4. The summed E-state index contributed by atoms with van der Waals surface area (Å²) < 4.78 is 4.99. The lowest BCUT2D eigenvalue weighted by Crippen LogP contribution is -2.41. The Labute approximate surface area is 119 Å². The molecule has 2 amide bonds. The molecule has 0 radical (unpaired) electrons. The third-order valence-corrected chi connectivity index (χ3v) is 3.64. The Balaban J connectivity index is 1.86. The van der Waals surface area contributed by atoms with E-state index in [1.807, 2.05) is 44.2 Å². The number of benzene rings is 1. The van der Waals surface area contributed by atoms with Crippen LogP contribution in [0, 0.1) is 5.92 Å². The number of ether oxygens (including phenoxy) is 1. The minimum absolute atomic E-state index is 0.119. The first kappa shape index (κ1) is 14.6. The van der Waals surface area contributed by atoms with Gasteiger partial charge in [-0.15, -0.1) is 0 Å². The Morgan fingerprint density at radius 3 is 2.70 bits per heavy atom. The van der Waals surface area contributed by atoms with Gasteiger partial charge in [0.15, 0.2) is 0 Å². The van der Waals surface area contributed by atoms with Crippen molar-refractivity contribution in [1.82, 2.24) is 4.90 Å². The van der Waals surface area contributed by atoms with Crippen LogP contribution in [0.5, 0.6) is 0 Å². The summed E-state index contributed by atoms with van der Waals surface area (Å²) >= 11 is 0. The summed E-state index contributed by atoms with van der Waals surface area (Å²) in [4.78, 5) is 25.1. The number of aryl methyl sites for hydroxylation is 1. The molecule has 0 saturated carbocycles. The average Bonchev–Trinajstić information content (AvgIpc) is 2.82. The maximum atomic E-state index is 12.2. The Morgan fingerprint density at radius 2 is 2.05 bits per heavy atom. The van der Waals surface area contributed by atoms with Crippen molar-refractivity contribution in [2.45, 2.75) is 39.2 Å². The van der Waals surface area contributed by atoms with E-state index >= 15 is 0 Å². The zero-order chi connectivity index (χ0) is 14.5. The SMILES string of the molecule is CC(C)[C@H]1COC(=O)N1C(=O)CCCc1ccccc1. The van der Waals surface area contributed by atoms with Crippen LogP contribution in [0.3, 0.4) is 0 Å². The van der Waals surface area contributed by atoms with E-state index in [9.17, 15) is 9.59 Å². The molecule has 0 spiro atoms. The molecular weight excluding hydrogens is 254 g/mol. The van der Waals surface area contributed by atoms with Gasteiger partial charge in [0, 0.05) is 6.42 Å². The highest BCUT2D eigenvalue weighted by Crippen LogP contribution is 2.21. The van der Waals surface area contributed by atoms with Crippen LogP contribution >= 0.6 is 0 Å². The maximum absolute atomic E-state index is 12.2. The van der Waals surface area contributed by atoms with Crippen LogP contribution in [-0.2, 0) is 16.0 Å². The van der Waals surface area contributed by atoms with Crippen LogP contribution in [-0.4, -0.2) is 29.5 Å². The summed E-state index contributed by atoms with van der Waals surface area (Å²) in [7, 11) is 0. The van der Waals surface area contributed by atoms with Crippen molar-refractivity contribution in [2.24, 2.45) is 5.92 Å². The van der Waals surface area contributed by atoms with Crippen molar-refractivity contribution >= 4 is 12.0 Å². The molecule has 1 heterocycles. The van der Waals surface area contributed by atoms with E-state index in [1.54, 1.807) is 0 Å². The van der Waals surface area contributed by atoms with Gasteiger partial charge in [-0.3, -0.25) is 4.79 Å². The Bertz CT molecular complexity index is 470. The monoisotopic (exact) mass is 275 g/mol. The molecule has 1 saturated heterocycles. The Hall–Kier alpha value is -1.84. The number of imide groups is 1. The minimum atomic E-state index is -0.492. The first-order chi connectivity index (χ1) is 9.59. The number of hydrogen-bond donors (Lipinski definition) is 0. The van der Waals surface area contributed by atoms with Crippen molar-refractivity contribution in [3.63, 3.8) is 0 Å². The van der Waals surface area contributed by atoms with Gasteiger partial charge in [0.25, 0.3) is 0 Å². The fourth-order valence-corrected chi connectivity index (χ4v) is 2.42. The van der Waals surface area contributed by atoms with Gasteiger partial charge in [0.1, 0.15) is 6.61 Å². The fraction of sp³-hybridized carbons (Fsp3) is 0.500. The predicted molar refractivity (Wildman–Crippen MR) is 76.2 cm³/mol. The second-order valence-corrected chi connectivity index (χ2v) is 5.49. The molecule has 1 aliphatic heterocycles. The summed E-state index contributed by atoms with van der Waals surface area (Å²) in [6, 6.07) is 9.93. The van der Waals surface area contributed by atoms with E-state index in [-0.39, 0.29) is 17.9 Å². The summed E-state index contributed by atoms with van der Waals surface area (Å²) in [6.07, 6.45) is 1.49. The number of amides is 2. The number of nitrogens with zero attached hydrogens (tertiary/aromatic N) is 1. The first-order valence-electron chi connectivity index (χ1n) is 7.12. The largest absolute Gasteiger partial charge is 0.447 e. The lowest BCUT2D eigenvalue weighted by molar-refractivity contribution is -0.129. The van der Waals surface area contributed by atoms with Crippen LogP contribution in [0.15, 0.2) is 30.3 Å². The second-order valence-electron chi connectivity index (χ2n) is 5.49. The highest BCUT2D eigenvalue weighted by atomic mass is 16.6. The fourth-order valence-electron chi connectivity index (χ4n) is 2.42. The second kappa shape index (κ2) is 6.55. The molecule has 0 unspecified atom stereocenters. The molecule has 1 fully saturated rings. The number of carbonyl (C=O) groups excluding carboxylic acids is 2. The highest BCUT2D eigenvalue weighted by Gasteiger charge is 2.38. The van der Waals surface area contributed by atoms with Crippen LogP contribution < -0.4 is 0 Å². The van der Waals surface area contributed by atoms with Crippen molar-refractivity contribution in [3.8, 4) is 0 Å². The smallest absolute Gasteiger partial charge is 0.416 e. The van der Waals surface area contributed by atoms with Gasteiger partial charge in [-0.25, -0.2) is 9.69 Å².